The highest BCUT2D eigenvalue weighted by molar-refractivity contribution is 7.84. The van der Waals surface area contributed by atoms with Gasteiger partial charge < -0.3 is 9.84 Å². The lowest BCUT2D eigenvalue weighted by Crippen LogP contribution is -2.04. The average Bonchev–Trinajstić information content (AvgIpc) is 2.18. The Kier molecular flexibility index (Phi) is 4.30. The van der Waals surface area contributed by atoms with Crippen LogP contribution in [0.5, 0.6) is 5.75 Å². The van der Waals surface area contributed by atoms with Crippen LogP contribution in [-0.4, -0.2) is 28.1 Å². The summed E-state index contributed by atoms with van der Waals surface area (Å²) in [5.41, 5.74) is 0. The van der Waals surface area contributed by atoms with Crippen molar-refractivity contribution in [2.45, 2.75) is 11.3 Å². The molecule has 1 aromatic rings. The predicted octanol–water partition coefficient (Wildman–Crippen LogP) is 1.28. The minimum Gasteiger partial charge on any atom is -0.493 e. The largest absolute Gasteiger partial charge is 0.493 e. The van der Waals surface area contributed by atoms with E-state index in [1.54, 1.807) is 30.5 Å². The SMILES string of the molecule is CS(=O)c1ccc(OCCC(=O)O)cc1. The number of carboxylic acids is 1. The second kappa shape index (κ2) is 5.50. The van der Waals surface area contributed by atoms with E-state index in [4.69, 9.17) is 9.84 Å². The van der Waals surface area contributed by atoms with Crippen molar-refractivity contribution in [3.05, 3.63) is 24.3 Å². The third kappa shape index (κ3) is 4.12. The van der Waals surface area contributed by atoms with Gasteiger partial charge in [0, 0.05) is 22.0 Å². The lowest BCUT2D eigenvalue weighted by Gasteiger charge is -2.04. The van der Waals surface area contributed by atoms with Crippen molar-refractivity contribution < 1.29 is 18.8 Å². The van der Waals surface area contributed by atoms with Gasteiger partial charge in [0.1, 0.15) is 5.75 Å². The predicted molar refractivity (Wildman–Crippen MR) is 56.5 cm³/mol. The summed E-state index contributed by atoms with van der Waals surface area (Å²) in [5.74, 6) is -0.299. The normalized spacial score (nSPS) is 12.1. The highest BCUT2D eigenvalue weighted by Gasteiger charge is 2.00. The van der Waals surface area contributed by atoms with E-state index in [2.05, 4.69) is 0 Å². The van der Waals surface area contributed by atoms with E-state index in [1.165, 1.54) is 0 Å². The first-order valence-corrected chi connectivity index (χ1v) is 5.93. The Balaban J connectivity index is 2.50. The molecule has 1 unspecified atom stereocenters. The Morgan fingerprint density at radius 1 is 1.40 bits per heavy atom. The Morgan fingerprint density at radius 3 is 2.47 bits per heavy atom. The van der Waals surface area contributed by atoms with Gasteiger partial charge in [-0.15, -0.1) is 0 Å². The second-order valence-corrected chi connectivity index (χ2v) is 4.30. The van der Waals surface area contributed by atoms with Crippen LogP contribution in [0.3, 0.4) is 0 Å². The lowest BCUT2D eigenvalue weighted by molar-refractivity contribution is -0.137. The van der Waals surface area contributed by atoms with Crippen LogP contribution in [0.4, 0.5) is 0 Å². The molecular weight excluding hydrogens is 216 g/mol. The summed E-state index contributed by atoms with van der Waals surface area (Å²) in [6.07, 6.45) is 1.57. The molecule has 0 spiro atoms. The zero-order chi connectivity index (χ0) is 11.3. The summed E-state index contributed by atoms with van der Waals surface area (Å²) < 4.78 is 16.2. The topological polar surface area (TPSA) is 63.6 Å². The maximum absolute atomic E-state index is 11.1. The molecule has 0 aromatic heterocycles. The first-order chi connectivity index (χ1) is 7.09. The van der Waals surface area contributed by atoms with E-state index in [0.717, 1.165) is 4.90 Å². The van der Waals surface area contributed by atoms with Crippen molar-refractivity contribution in [2.24, 2.45) is 0 Å². The number of benzene rings is 1. The maximum atomic E-state index is 11.1. The molecule has 0 saturated heterocycles. The zero-order valence-electron chi connectivity index (χ0n) is 8.30. The lowest BCUT2D eigenvalue weighted by atomic mass is 10.3. The van der Waals surface area contributed by atoms with Gasteiger partial charge in [0.05, 0.1) is 13.0 Å². The molecular formula is C10H12O4S. The van der Waals surface area contributed by atoms with Crippen LogP contribution in [0.1, 0.15) is 6.42 Å². The fraction of sp³-hybridized carbons (Fsp3) is 0.300. The number of hydrogen-bond donors (Lipinski definition) is 1. The minimum absolute atomic E-state index is 0.0263. The van der Waals surface area contributed by atoms with Gasteiger partial charge in [0.2, 0.25) is 0 Å². The molecule has 0 heterocycles. The molecule has 0 aliphatic carbocycles. The number of ether oxygens (including phenoxy) is 1. The average molecular weight is 228 g/mol. The monoisotopic (exact) mass is 228 g/mol. The Morgan fingerprint density at radius 2 is 2.00 bits per heavy atom. The summed E-state index contributed by atoms with van der Waals surface area (Å²) in [5, 5.41) is 8.39. The summed E-state index contributed by atoms with van der Waals surface area (Å²) in [6, 6.07) is 6.76. The van der Waals surface area contributed by atoms with Gasteiger partial charge in [-0.2, -0.15) is 0 Å². The van der Waals surface area contributed by atoms with Gasteiger partial charge in [0.15, 0.2) is 0 Å². The number of rotatable bonds is 5. The highest BCUT2D eigenvalue weighted by Crippen LogP contribution is 2.14. The van der Waals surface area contributed by atoms with E-state index in [-0.39, 0.29) is 13.0 Å². The second-order valence-electron chi connectivity index (χ2n) is 2.92. The molecule has 82 valence electrons. The number of carbonyl (C=O) groups is 1. The van der Waals surface area contributed by atoms with E-state index < -0.39 is 16.8 Å². The van der Waals surface area contributed by atoms with Crippen LogP contribution >= 0.6 is 0 Å². The molecule has 5 heteroatoms. The van der Waals surface area contributed by atoms with Gasteiger partial charge in [-0.1, -0.05) is 0 Å². The number of carboxylic acid groups (broad SMARTS) is 1. The minimum atomic E-state index is -1.000. The van der Waals surface area contributed by atoms with Crippen LogP contribution in [0.2, 0.25) is 0 Å². The van der Waals surface area contributed by atoms with Crippen LogP contribution in [0.25, 0.3) is 0 Å². The maximum Gasteiger partial charge on any atom is 0.306 e. The Bertz CT molecular complexity index is 358. The van der Waals surface area contributed by atoms with E-state index in [9.17, 15) is 9.00 Å². The van der Waals surface area contributed by atoms with Crippen molar-refractivity contribution in [3.8, 4) is 5.75 Å². The van der Waals surface area contributed by atoms with Crippen LogP contribution in [-0.2, 0) is 15.6 Å². The van der Waals surface area contributed by atoms with Gasteiger partial charge in [-0.3, -0.25) is 9.00 Å². The molecule has 0 fully saturated rings. The molecule has 4 nitrogen and oxygen atoms in total. The van der Waals surface area contributed by atoms with Crippen molar-refractivity contribution in [3.63, 3.8) is 0 Å². The highest BCUT2D eigenvalue weighted by atomic mass is 32.2. The number of aliphatic carboxylic acids is 1. The van der Waals surface area contributed by atoms with Crippen LogP contribution in [0, 0.1) is 0 Å². The molecule has 0 bridgehead atoms. The van der Waals surface area contributed by atoms with Crippen molar-refractivity contribution in [1.82, 2.24) is 0 Å². The molecule has 0 saturated carbocycles. The molecule has 0 aliphatic rings. The molecule has 1 aromatic carbocycles. The number of hydrogen-bond acceptors (Lipinski definition) is 3. The first kappa shape index (κ1) is 11.7. The van der Waals surface area contributed by atoms with Gasteiger partial charge in [0.25, 0.3) is 0 Å². The third-order valence-electron chi connectivity index (χ3n) is 1.74. The molecule has 15 heavy (non-hydrogen) atoms. The Hall–Kier alpha value is -1.36. The van der Waals surface area contributed by atoms with E-state index >= 15 is 0 Å². The molecule has 0 aliphatic heterocycles. The third-order valence-corrected chi connectivity index (χ3v) is 2.68. The fourth-order valence-corrected chi connectivity index (χ4v) is 1.50. The van der Waals surface area contributed by atoms with Crippen molar-refractivity contribution >= 4 is 16.8 Å². The molecule has 0 radical (unpaired) electrons. The summed E-state index contributed by atoms with van der Waals surface area (Å²) in [6.45, 7) is 0.143. The quantitative estimate of drug-likeness (QED) is 0.824. The summed E-state index contributed by atoms with van der Waals surface area (Å²) in [7, 11) is -1.000. The standard InChI is InChI=1S/C10H12O4S/c1-15(13)9-4-2-8(3-5-9)14-7-6-10(11)12/h2-5H,6-7H2,1H3,(H,11,12). The van der Waals surface area contributed by atoms with Gasteiger partial charge in [-0.05, 0) is 24.3 Å². The summed E-state index contributed by atoms with van der Waals surface area (Å²) >= 11 is 0. The molecule has 1 N–H and O–H groups in total. The van der Waals surface area contributed by atoms with Crippen molar-refractivity contribution in [1.29, 1.82) is 0 Å². The Labute approximate surface area is 90.3 Å². The van der Waals surface area contributed by atoms with Crippen molar-refractivity contribution in [2.75, 3.05) is 12.9 Å². The molecule has 1 atom stereocenters. The fourth-order valence-electron chi connectivity index (χ4n) is 0.984. The molecule has 1 rings (SSSR count). The van der Waals surface area contributed by atoms with Gasteiger partial charge >= 0.3 is 5.97 Å². The van der Waals surface area contributed by atoms with Gasteiger partial charge in [-0.25, -0.2) is 0 Å². The van der Waals surface area contributed by atoms with Crippen LogP contribution < -0.4 is 4.74 Å². The first-order valence-electron chi connectivity index (χ1n) is 4.37. The summed E-state index contributed by atoms with van der Waals surface area (Å²) in [4.78, 5) is 10.9. The van der Waals surface area contributed by atoms with E-state index in [0.29, 0.717) is 5.75 Å². The van der Waals surface area contributed by atoms with E-state index in [1.807, 2.05) is 0 Å². The molecule has 0 amide bonds. The van der Waals surface area contributed by atoms with Crippen LogP contribution in [0.15, 0.2) is 29.2 Å². The smallest absolute Gasteiger partial charge is 0.306 e. The zero-order valence-corrected chi connectivity index (χ0v) is 9.12.